The molecule has 0 radical (unpaired) electrons. The van der Waals surface area contributed by atoms with Crippen LogP contribution < -0.4 is 30.7 Å². The van der Waals surface area contributed by atoms with Gasteiger partial charge in [0, 0.05) is 49.3 Å². The highest BCUT2D eigenvalue weighted by molar-refractivity contribution is 7.90. The van der Waals surface area contributed by atoms with Crippen molar-refractivity contribution in [1.29, 1.82) is 0 Å². The monoisotopic (exact) mass is 581 g/mol. The summed E-state index contributed by atoms with van der Waals surface area (Å²) in [5.74, 6) is 0.477. The van der Waals surface area contributed by atoms with Gasteiger partial charge in [-0.1, -0.05) is 0 Å². The Morgan fingerprint density at radius 1 is 1.15 bits per heavy atom. The normalized spacial score (nSPS) is 17.7. The number of hydrogen-bond donors (Lipinski definition) is 3. The van der Waals surface area contributed by atoms with Crippen LogP contribution in [0.25, 0.3) is 11.3 Å². The van der Waals surface area contributed by atoms with E-state index in [-0.39, 0.29) is 22.6 Å². The van der Waals surface area contributed by atoms with E-state index in [0.717, 1.165) is 12.7 Å². The molecule has 3 aromatic rings. The van der Waals surface area contributed by atoms with Gasteiger partial charge in [-0.2, -0.15) is 0 Å². The van der Waals surface area contributed by atoms with Crippen molar-refractivity contribution < 1.29 is 27.5 Å². The Bertz CT molecular complexity index is 1640. The van der Waals surface area contributed by atoms with Crippen LogP contribution in [0.3, 0.4) is 0 Å². The zero-order chi connectivity index (χ0) is 29.5. The number of ether oxygens (including phenoxy) is 2. The molecule has 1 atom stereocenters. The molecule has 1 saturated heterocycles. The Morgan fingerprint density at radius 3 is 2.63 bits per heavy atom. The SMILES string of the molecule is CC(=O)Nc1cc(Nc2cc(N3CCC[C@@H]3C(N)=O)cc(S(C)(=O)=O)n2)c(-c2ccc3c(n2)OCC(C)(C)O3)cn1. The lowest BCUT2D eigenvalue weighted by Gasteiger charge is -2.31. The summed E-state index contributed by atoms with van der Waals surface area (Å²) in [6.07, 6.45) is 3.89. The van der Waals surface area contributed by atoms with Gasteiger partial charge in [0.25, 0.3) is 5.88 Å². The molecule has 0 bridgehead atoms. The number of fused-ring (bicyclic) bond motifs is 1. The van der Waals surface area contributed by atoms with Gasteiger partial charge in [-0.3, -0.25) is 9.59 Å². The van der Waals surface area contributed by atoms with E-state index in [1.54, 1.807) is 29.2 Å². The van der Waals surface area contributed by atoms with E-state index < -0.39 is 27.4 Å². The minimum Gasteiger partial charge on any atom is -0.479 e. The molecule has 41 heavy (non-hydrogen) atoms. The number of aromatic nitrogens is 3. The standard InChI is InChI=1S/C27H31N7O6S/c1-15(35)30-22-12-19(17(13-29-22)18-7-8-21-26(32-18)39-14-27(2,3)40-21)31-23-10-16(11-24(33-23)41(4,37)38)34-9-5-6-20(34)25(28)36/h7-8,10-13,20H,5-6,9,14H2,1-4H3,(H2,28,36)(H2,29,30,31,33,35)/t20-/m1/s1. The third kappa shape index (κ3) is 6.16. The van der Waals surface area contributed by atoms with Crippen LogP contribution in [-0.4, -0.2) is 66.2 Å². The van der Waals surface area contributed by atoms with Crippen molar-refractivity contribution in [3.63, 3.8) is 0 Å². The fourth-order valence-corrected chi connectivity index (χ4v) is 5.36. The fourth-order valence-electron chi connectivity index (χ4n) is 4.76. The van der Waals surface area contributed by atoms with Crippen LogP contribution in [0.4, 0.5) is 23.0 Å². The number of nitrogens with one attached hydrogen (secondary N) is 2. The van der Waals surface area contributed by atoms with Gasteiger partial charge in [0.15, 0.2) is 20.6 Å². The molecule has 2 amide bonds. The lowest BCUT2D eigenvalue weighted by Crippen LogP contribution is -2.40. The van der Waals surface area contributed by atoms with Crippen LogP contribution in [-0.2, 0) is 19.4 Å². The minimum absolute atomic E-state index is 0.176. The zero-order valence-electron chi connectivity index (χ0n) is 23.1. The Balaban J connectivity index is 1.59. The van der Waals surface area contributed by atoms with E-state index in [9.17, 15) is 18.0 Å². The quantitative estimate of drug-likeness (QED) is 0.373. The van der Waals surface area contributed by atoms with Crippen molar-refractivity contribution >= 4 is 44.7 Å². The smallest absolute Gasteiger partial charge is 0.257 e. The zero-order valence-corrected chi connectivity index (χ0v) is 23.9. The molecule has 0 saturated carbocycles. The van der Waals surface area contributed by atoms with Crippen LogP contribution in [0.15, 0.2) is 41.6 Å². The van der Waals surface area contributed by atoms with Gasteiger partial charge in [0.2, 0.25) is 11.8 Å². The van der Waals surface area contributed by atoms with Crippen LogP contribution in [0.2, 0.25) is 0 Å². The van der Waals surface area contributed by atoms with Crippen LogP contribution in [0.5, 0.6) is 11.6 Å². The number of carbonyl (C=O) groups is 2. The number of primary amides is 1. The Morgan fingerprint density at radius 2 is 1.93 bits per heavy atom. The molecule has 5 heterocycles. The van der Waals surface area contributed by atoms with Gasteiger partial charge in [-0.25, -0.2) is 23.4 Å². The highest BCUT2D eigenvalue weighted by Crippen LogP contribution is 2.38. The second kappa shape index (κ2) is 10.5. The number of carbonyl (C=O) groups excluding carboxylic acids is 2. The lowest BCUT2D eigenvalue weighted by atomic mass is 10.1. The number of nitrogens with zero attached hydrogens (tertiary/aromatic N) is 4. The third-order valence-corrected chi connectivity index (χ3v) is 7.56. The summed E-state index contributed by atoms with van der Waals surface area (Å²) in [7, 11) is -3.72. The Labute approximate surface area is 237 Å². The summed E-state index contributed by atoms with van der Waals surface area (Å²) in [5.41, 5.74) is 7.06. The van der Waals surface area contributed by atoms with Crippen molar-refractivity contribution in [3.8, 4) is 22.9 Å². The highest BCUT2D eigenvalue weighted by atomic mass is 32.2. The summed E-state index contributed by atoms with van der Waals surface area (Å²) < 4.78 is 36.9. The van der Waals surface area contributed by atoms with Crippen molar-refractivity contribution in [2.75, 3.05) is 34.9 Å². The van der Waals surface area contributed by atoms with Crippen molar-refractivity contribution in [2.24, 2.45) is 5.73 Å². The third-order valence-electron chi connectivity index (χ3n) is 6.59. The van der Waals surface area contributed by atoms with E-state index in [0.29, 0.717) is 53.8 Å². The molecule has 0 spiro atoms. The average molecular weight is 582 g/mol. The summed E-state index contributed by atoms with van der Waals surface area (Å²) in [5, 5.41) is 5.65. The highest BCUT2D eigenvalue weighted by Gasteiger charge is 2.31. The minimum atomic E-state index is -3.72. The first-order valence-corrected chi connectivity index (χ1v) is 14.8. The van der Waals surface area contributed by atoms with E-state index in [2.05, 4.69) is 25.6 Å². The lowest BCUT2D eigenvalue weighted by molar-refractivity contribution is -0.119. The van der Waals surface area contributed by atoms with Gasteiger partial charge in [-0.05, 0) is 44.9 Å². The van der Waals surface area contributed by atoms with E-state index >= 15 is 0 Å². The first kappa shape index (κ1) is 28.1. The van der Waals surface area contributed by atoms with E-state index in [1.807, 2.05) is 13.8 Å². The second-order valence-corrected chi connectivity index (χ2v) is 12.6. The van der Waals surface area contributed by atoms with Crippen molar-refractivity contribution in [3.05, 3.63) is 36.5 Å². The number of rotatable bonds is 7. The Kier molecular flexibility index (Phi) is 7.19. The van der Waals surface area contributed by atoms with Gasteiger partial charge in [0.1, 0.15) is 29.9 Å². The first-order chi connectivity index (χ1) is 19.3. The maximum atomic E-state index is 12.6. The molecular formula is C27H31N7O6S. The average Bonchev–Trinajstić information content (AvgIpc) is 3.38. The van der Waals surface area contributed by atoms with Gasteiger partial charge < -0.3 is 30.7 Å². The van der Waals surface area contributed by atoms with E-state index in [1.165, 1.54) is 19.2 Å². The summed E-state index contributed by atoms with van der Waals surface area (Å²) >= 11 is 0. The van der Waals surface area contributed by atoms with Gasteiger partial charge in [0.05, 0.1) is 11.4 Å². The topological polar surface area (TPSA) is 179 Å². The van der Waals surface area contributed by atoms with Crippen molar-refractivity contribution in [1.82, 2.24) is 15.0 Å². The molecule has 5 rings (SSSR count). The molecule has 0 unspecified atom stereocenters. The molecule has 13 nitrogen and oxygen atoms in total. The maximum Gasteiger partial charge on any atom is 0.257 e. The predicted molar refractivity (Wildman–Crippen MR) is 152 cm³/mol. The Hall–Kier alpha value is -4.46. The van der Waals surface area contributed by atoms with Gasteiger partial charge in [-0.15, -0.1) is 0 Å². The number of amides is 2. The van der Waals surface area contributed by atoms with E-state index in [4.69, 9.17) is 15.2 Å². The number of pyridine rings is 3. The predicted octanol–water partition coefficient (Wildman–Crippen LogP) is 2.65. The maximum absolute atomic E-state index is 12.6. The second-order valence-electron chi connectivity index (χ2n) is 10.6. The molecule has 14 heteroatoms. The molecule has 0 aliphatic carbocycles. The van der Waals surface area contributed by atoms with Crippen LogP contribution >= 0.6 is 0 Å². The number of hydrogen-bond acceptors (Lipinski definition) is 11. The first-order valence-electron chi connectivity index (χ1n) is 12.9. The number of sulfone groups is 1. The molecule has 3 aromatic heterocycles. The molecule has 216 valence electrons. The van der Waals surface area contributed by atoms with Gasteiger partial charge >= 0.3 is 0 Å². The number of anilines is 4. The molecular weight excluding hydrogens is 550 g/mol. The summed E-state index contributed by atoms with van der Waals surface area (Å²) in [6.45, 7) is 6.04. The van der Waals surface area contributed by atoms with Crippen molar-refractivity contribution in [2.45, 2.75) is 50.3 Å². The van der Waals surface area contributed by atoms with Crippen LogP contribution in [0, 0.1) is 0 Å². The molecule has 2 aliphatic rings. The van der Waals surface area contributed by atoms with Crippen LogP contribution in [0.1, 0.15) is 33.6 Å². The molecule has 4 N–H and O–H groups in total. The molecule has 1 fully saturated rings. The number of nitrogens with two attached hydrogens (primary N) is 1. The molecule has 0 aromatic carbocycles. The summed E-state index contributed by atoms with van der Waals surface area (Å²) in [4.78, 5) is 38.9. The fraction of sp³-hybridized carbons (Fsp3) is 0.370. The largest absolute Gasteiger partial charge is 0.479 e. The summed E-state index contributed by atoms with van der Waals surface area (Å²) in [6, 6.07) is 7.61. The molecule has 2 aliphatic heterocycles.